The van der Waals surface area contributed by atoms with E-state index in [9.17, 15) is 9.59 Å². The lowest BCUT2D eigenvalue weighted by Crippen LogP contribution is -2.30. The number of carbonyl (C=O) groups excluding carboxylic acids is 2. The number of amides is 2. The summed E-state index contributed by atoms with van der Waals surface area (Å²) in [7, 11) is 0. The predicted octanol–water partition coefficient (Wildman–Crippen LogP) is 4.48. The predicted molar refractivity (Wildman–Crippen MR) is 104 cm³/mol. The van der Waals surface area contributed by atoms with Gasteiger partial charge in [-0.2, -0.15) is 0 Å². The number of carbonyl (C=O) groups is 2. The zero-order chi connectivity index (χ0) is 19.1. The normalized spacial score (nSPS) is 13.0. The van der Waals surface area contributed by atoms with Crippen LogP contribution in [0.15, 0.2) is 60.7 Å². The van der Waals surface area contributed by atoms with Gasteiger partial charge in [0.1, 0.15) is 11.5 Å². The highest BCUT2D eigenvalue weighted by Crippen LogP contribution is 2.34. The highest BCUT2D eigenvalue weighted by molar-refractivity contribution is 6.34. The molecule has 0 aliphatic carbocycles. The number of hydrogen-bond acceptors (Lipinski definition) is 4. The first-order valence-electron chi connectivity index (χ1n) is 8.57. The van der Waals surface area contributed by atoms with Crippen LogP contribution in [-0.4, -0.2) is 11.8 Å². The minimum absolute atomic E-state index is 0.319. The Kier molecular flexibility index (Phi) is 3.92. The van der Waals surface area contributed by atoms with Crippen molar-refractivity contribution in [2.24, 2.45) is 0 Å². The van der Waals surface area contributed by atoms with E-state index < -0.39 is 0 Å². The number of benzene rings is 3. The summed E-state index contributed by atoms with van der Waals surface area (Å²) in [5.41, 5.74) is 9.59. The molecule has 3 aromatic carbocycles. The Morgan fingerprint density at radius 1 is 0.778 bits per heavy atom. The summed E-state index contributed by atoms with van der Waals surface area (Å²) in [6, 6.07) is 17.5. The van der Waals surface area contributed by atoms with E-state index in [-0.39, 0.29) is 11.8 Å². The number of nitrogen functional groups attached to an aromatic ring is 1. The van der Waals surface area contributed by atoms with Crippen molar-refractivity contribution >= 4 is 23.2 Å². The molecule has 2 N–H and O–H groups in total. The molecular formula is C22H18N2O3. The summed E-state index contributed by atoms with van der Waals surface area (Å²) >= 11 is 0. The van der Waals surface area contributed by atoms with Crippen LogP contribution in [0.25, 0.3) is 0 Å². The highest BCUT2D eigenvalue weighted by atomic mass is 16.5. The third-order valence-corrected chi connectivity index (χ3v) is 4.57. The Balaban J connectivity index is 1.68. The summed E-state index contributed by atoms with van der Waals surface area (Å²) in [5, 5.41) is 0. The molecule has 3 aromatic rings. The number of anilines is 2. The Morgan fingerprint density at radius 2 is 1.44 bits per heavy atom. The molecule has 27 heavy (non-hydrogen) atoms. The molecule has 0 aromatic heterocycles. The van der Waals surface area contributed by atoms with Crippen molar-refractivity contribution < 1.29 is 14.3 Å². The molecule has 0 fully saturated rings. The molecule has 134 valence electrons. The molecule has 5 heteroatoms. The van der Waals surface area contributed by atoms with Gasteiger partial charge < -0.3 is 10.5 Å². The standard InChI is InChI=1S/C22H18N2O3/c1-13-3-10-20(14(2)11-13)24-21(25)18-9-8-17(12-19(18)22(24)26)27-16-6-4-15(23)5-7-16/h3-12H,23H2,1-2H3. The summed E-state index contributed by atoms with van der Waals surface area (Å²) < 4.78 is 5.79. The lowest BCUT2D eigenvalue weighted by molar-refractivity contribution is 0.0926. The van der Waals surface area contributed by atoms with Gasteiger partial charge in [-0.1, -0.05) is 17.7 Å². The third-order valence-electron chi connectivity index (χ3n) is 4.57. The number of fused-ring (bicyclic) bond motifs is 1. The van der Waals surface area contributed by atoms with E-state index in [1.165, 1.54) is 4.90 Å². The van der Waals surface area contributed by atoms with E-state index in [1.807, 2.05) is 26.0 Å². The number of hydrogen-bond donors (Lipinski definition) is 1. The second kappa shape index (κ2) is 6.29. The fourth-order valence-electron chi connectivity index (χ4n) is 3.23. The molecule has 1 heterocycles. The maximum atomic E-state index is 12.9. The van der Waals surface area contributed by atoms with Crippen molar-refractivity contribution in [2.75, 3.05) is 10.6 Å². The van der Waals surface area contributed by atoms with E-state index in [1.54, 1.807) is 48.5 Å². The quantitative estimate of drug-likeness (QED) is 0.553. The first-order valence-corrected chi connectivity index (χ1v) is 8.57. The van der Waals surface area contributed by atoms with Crippen molar-refractivity contribution in [3.63, 3.8) is 0 Å². The van der Waals surface area contributed by atoms with Crippen LogP contribution in [0.4, 0.5) is 11.4 Å². The summed E-state index contributed by atoms with van der Waals surface area (Å²) in [6.07, 6.45) is 0. The lowest BCUT2D eigenvalue weighted by atomic mass is 10.1. The van der Waals surface area contributed by atoms with Crippen LogP contribution >= 0.6 is 0 Å². The van der Waals surface area contributed by atoms with Gasteiger partial charge in [-0.05, 0) is 67.9 Å². The topological polar surface area (TPSA) is 72.6 Å². The molecule has 1 aliphatic heterocycles. The lowest BCUT2D eigenvalue weighted by Gasteiger charge is -2.16. The maximum absolute atomic E-state index is 12.9. The summed E-state index contributed by atoms with van der Waals surface area (Å²) in [5.74, 6) is 0.431. The van der Waals surface area contributed by atoms with Crippen LogP contribution in [0.2, 0.25) is 0 Å². The van der Waals surface area contributed by atoms with Crippen LogP contribution in [-0.2, 0) is 0 Å². The van der Waals surface area contributed by atoms with Gasteiger partial charge in [0.2, 0.25) is 0 Å². The molecule has 4 rings (SSSR count). The monoisotopic (exact) mass is 358 g/mol. The van der Waals surface area contributed by atoms with Crippen molar-refractivity contribution in [3.8, 4) is 11.5 Å². The second-order valence-electron chi connectivity index (χ2n) is 6.61. The Hall–Kier alpha value is -3.60. The number of nitrogens with two attached hydrogens (primary N) is 1. The van der Waals surface area contributed by atoms with Gasteiger partial charge in [0.25, 0.3) is 11.8 Å². The SMILES string of the molecule is Cc1ccc(N2C(=O)c3ccc(Oc4ccc(N)cc4)cc3C2=O)c(C)c1. The average molecular weight is 358 g/mol. The van der Waals surface area contributed by atoms with Crippen LogP contribution < -0.4 is 15.4 Å². The molecular weight excluding hydrogens is 340 g/mol. The number of ether oxygens (including phenoxy) is 1. The van der Waals surface area contributed by atoms with Gasteiger partial charge in [0.15, 0.2) is 0 Å². The van der Waals surface area contributed by atoms with Crippen LogP contribution in [0.3, 0.4) is 0 Å². The van der Waals surface area contributed by atoms with Gasteiger partial charge >= 0.3 is 0 Å². The van der Waals surface area contributed by atoms with Crippen molar-refractivity contribution in [1.29, 1.82) is 0 Å². The van der Waals surface area contributed by atoms with E-state index in [4.69, 9.17) is 10.5 Å². The molecule has 2 amide bonds. The molecule has 1 aliphatic rings. The molecule has 0 saturated carbocycles. The minimum atomic E-state index is -0.343. The number of rotatable bonds is 3. The number of imide groups is 1. The summed E-state index contributed by atoms with van der Waals surface area (Å²) in [4.78, 5) is 27.0. The van der Waals surface area contributed by atoms with Gasteiger partial charge in [0, 0.05) is 5.69 Å². The third kappa shape index (κ3) is 2.93. The Labute approximate surface area is 157 Å². The number of nitrogens with zero attached hydrogens (tertiary/aromatic N) is 1. The largest absolute Gasteiger partial charge is 0.457 e. The Morgan fingerprint density at radius 3 is 2.15 bits per heavy atom. The van der Waals surface area contributed by atoms with Gasteiger partial charge in [0.05, 0.1) is 16.8 Å². The fourth-order valence-corrected chi connectivity index (χ4v) is 3.23. The van der Waals surface area contributed by atoms with Gasteiger partial charge in [-0.15, -0.1) is 0 Å². The van der Waals surface area contributed by atoms with E-state index in [0.29, 0.717) is 34.0 Å². The van der Waals surface area contributed by atoms with Crippen LogP contribution in [0.5, 0.6) is 11.5 Å². The van der Waals surface area contributed by atoms with Crippen molar-refractivity contribution in [1.82, 2.24) is 0 Å². The molecule has 0 bridgehead atoms. The summed E-state index contributed by atoms with van der Waals surface area (Å²) in [6.45, 7) is 3.86. The zero-order valence-electron chi connectivity index (χ0n) is 15.0. The maximum Gasteiger partial charge on any atom is 0.266 e. The number of aryl methyl sites for hydroxylation is 2. The molecule has 0 saturated heterocycles. The van der Waals surface area contributed by atoms with Crippen LogP contribution in [0, 0.1) is 13.8 Å². The smallest absolute Gasteiger partial charge is 0.266 e. The fraction of sp³-hybridized carbons (Fsp3) is 0.0909. The van der Waals surface area contributed by atoms with Crippen molar-refractivity contribution in [3.05, 3.63) is 82.9 Å². The first-order chi connectivity index (χ1) is 12.9. The molecule has 0 unspecified atom stereocenters. The molecule has 0 radical (unpaired) electrons. The van der Waals surface area contributed by atoms with Crippen molar-refractivity contribution in [2.45, 2.75) is 13.8 Å². The molecule has 5 nitrogen and oxygen atoms in total. The van der Waals surface area contributed by atoms with Crippen LogP contribution in [0.1, 0.15) is 31.8 Å². The molecule has 0 spiro atoms. The minimum Gasteiger partial charge on any atom is -0.457 e. The average Bonchev–Trinajstić information content (AvgIpc) is 2.88. The second-order valence-corrected chi connectivity index (χ2v) is 6.61. The first kappa shape index (κ1) is 16.8. The van der Waals surface area contributed by atoms with Gasteiger partial charge in [-0.25, -0.2) is 4.90 Å². The van der Waals surface area contributed by atoms with E-state index in [0.717, 1.165) is 11.1 Å². The molecule has 0 atom stereocenters. The van der Waals surface area contributed by atoms with Gasteiger partial charge in [-0.3, -0.25) is 9.59 Å². The Bertz CT molecular complexity index is 1070. The zero-order valence-corrected chi connectivity index (χ0v) is 15.0. The van der Waals surface area contributed by atoms with E-state index in [2.05, 4.69) is 0 Å². The van der Waals surface area contributed by atoms with E-state index >= 15 is 0 Å². The highest BCUT2D eigenvalue weighted by Gasteiger charge is 2.37.